The maximum Gasteiger partial charge on any atom is 0.441 e. The first-order valence-corrected chi connectivity index (χ1v) is 4.11. The van der Waals surface area contributed by atoms with Crippen LogP contribution in [0.2, 0.25) is 0 Å². The molecule has 0 aliphatic carbocycles. The molecule has 0 aliphatic heterocycles. The molecular weight excluding hydrogens is 229 g/mol. The third kappa shape index (κ3) is 11.9. The summed E-state index contributed by atoms with van der Waals surface area (Å²) in [6.45, 7) is -0.211. The Morgan fingerprint density at radius 2 is 2.00 bits per heavy atom. The summed E-state index contributed by atoms with van der Waals surface area (Å²) in [4.78, 5) is 10.4. The first kappa shape index (κ1) is 15.3. The predicted octanol–water partition coefficient (Wildman–Crippen LogP) is 0.736. The van der Waals surface area contributed by atoms with Gasteiger partial charge in [0.1, 0.15) is 0 Å². The standard InChI is InChI=1S/C5H9F3N2OS.ClH/c6-5(7,8)12-2-1-10-4(11)3-9;/h1-3,9H2,(H,10,11);1H. The van der Waals surface area contributed by atoms with Crippen LogP contribution < -0.4 is 11.1 Å². The molecule has 0 rings (SSSR count). The molecule has 0 atom stereocenters. The van der Waals surface area contributed by atoms with E-state index in [0.29, 0.717) is 0 Å². The van der Waals surface area contributed by atoms with Gasteiger partial charge in [0.25, 0.3) is 0 Å². The number of hydrogen-bond donors (Lipinski definition) is 2. The van der Waals surface area contributed by atoms with Gasteiger partial charge in [0, 0.05) is 12.3 Å². The normalized spacial score (nSPS) is 10.5. The van der Waals surface area contributed by atoms with E-state index < -0.39 is 11.4 Å². The maximum absolute atomic E-state index is 11.5. The number of amides is 1. The van der Waals surface area contributed by atoms with Crippen molar-refractivity contribution in [3.8, 4) is 0 Å². The van der Waals surface area contributed by atoms with Gasteiger partial charge in [0.2, 0.25) is 5.91 Å². The summed E-state index contributed by atoms with van der Waals surface area (Å²) in [7, 11) is 0. The average molecular weight is 239 g/mol. The molecule has 1 amide bonds. The van der Waals surface area contributed by atoms with Crippen LogP contribution in [-0.2, 0) is 4.79 Å². The summed E-state index contributed by atoms with van der Waals surface area (Å²) in [5, 5.41) is 2.22. The fourth-order valence-corrected chi connectivity index (χ4v) is 0.865. The molecule has 0 aromatic rings. The number of nitrogens with two attached hydrogens (primary N) is 1. The lowest BCUT2D eigenvalue weighted by molar-refractivity contribution is -0.119. The van der Waals surface area contributed by atoms with E-state index in [1.807, 2.05) is 0 Å². The summed E-state index contributed by atoms with van der Waals surface area (Å²) < 4.78 is 34.5. The Morgan fingerprint density at radius 1 is 1.46 bits per heavy atom. The first-order chi connectivity index (χ1) is 5.45. The van der Waals surface area contributed by atoms with Crippen LogP contribution in [0, 0.1) is 0 Å². The molecule has 80 valence electrons. The second-order valence-corrected chi connectivity index (χ2v) is 3.01. The van der Waals surface area contributed by atoms with Crippen LogP contribution in [0.3, 0.4) is 0 Å². The molecule has 0 radical (unpaired) electrons. The molecule has 0 bridgehead atoms. The molecule has 0 fully saturated rings. The zero-order valence-electron chi connectivity index (χ0n) is 6.56. The van der Waals surface area contributed by atoms with Gasteiger partial charge in [-0.25, -0.2) is 0 Å². The Bertz CT molecular complexity index is 155. The number of nitrogens with one attached hydrogen (secondary N) is 1. The van der Waals surface area contributed by atoms with Crippen LogP contribution in [0.5, 0.6) is 0 Å². The molecule has 3 N–H and O–H groups in total. The smallest absolute Gasteiger partial charge is 0.354 e. The lowest BCUT2D eigenvalue weighted by atomic mass is 10.6. The summed E-state index contributed by atoms with van der Waals surface area (Å²) >= 11 is -0.169. The molecule has 0 saturated carbocycles. The molecule has 0 saturated heterocycles. The Morgan fingerprint density at radius 3 is 2.38 bits per heavy atom. The molecule has 0 aromatic heterocycles. The fourth-order valence-electron chi connectivity index (χ4n) is 0.429. The van der Waals surface area contributed by atoms with Crippen molar-refractivity contribution < 1.29 is 18.0 Å². The van der Waals surface area contributed by atoms with Crippen molar-refractivity contribution in [1.82, 2.24) is 5.32 Å². The van der Waals surface area contributed by atoms with Crippen LogP contribution in [0.15, 0.2) is 0 Å². The van der Waals surface area contributed by atoms with Gasteiger partial charge >= 0.3 is 5.51 Å². The minimum absolute atomic E-state index is 0. The van der Waals surface area contributed by atoms with Crippen LogP contribution in [0.1, 0.15) is 0 Å². The number of carbonyl (C=O) groups excluding carboxylic acids is 1. The van der Waals surface area contributed by atoms with Crippen LogP contribution >= 0.6 is 24.2 Å². The molecule has 8 heteroatoms. The first-order valence-electron chi connectivity index (χ1n) is 3.13. The zero-order chi connectivity index (χ0) is 9.61. The van der Waals surface area contributed by atoms with E-state index in [-0.39, 0.29) is 43.0 Å². The Hall–Kier alpha value is -0.140. The van der Waals surface area contributed by atoms with Crippen molar-refractivity contribution in [3.63, 3.8) is 0 Å². The van der Waals surface area contributed by atoms with E-state index in [1.54, 1.807) is 0 Å². The van der Waals surface area contributed by atoms with Crippen LogP contribution in [0.4, 0.5) is 13.2 Å². The van der Waals surface area contributed by atoms with Gasteiger partial charge in [-0.2, -0.15) is 13.2 Å². The van der Waals surface area contributed by atoms with Gasteiger partial charge in [-0.1, -0.05) is 0 Å². The highest BCUT2D eigenvalue weighted by Crippen LogP contribution is 2.29. The number of hydrogen-bond acceptors (Lipinski definition) is 3. The van der Waals surface area contributed by atoms with Crippen LogP contribution in [0.25, 0.3) is 0 Å². The van der Waals surface area contributed by atoms with Crippen LogP contribution in [-0.4, -0.2) is 30.3 Å². The third-order valence-electron chi connectivity index (χ3n) is 0.875. The van der Waals surface area contributed by atoms with Crippen molar-refractivity contribution in [1.29, 1.82) is 0 Å². The highest BCUT2D eigenvalue weighted by molar-refractivity contribution is 8.00. The largest absolute Gasteiger partial charge is 0.441 e. The van der Waals surface area contributed by atoms with E-state index in [9.17, 15) is 18.0 Å². The Kier molecular flexibility index (Phi) is 8.59. The summed E-state index contributed by atoms with van der Waals surface area (Å²) in [6, 6.07) is 0. The summed E-state index contributed by atoms with van der Waals surface area (Å²) in [5.41, 5.74) is 0.670. The lowest BCUT2D eigenvalue weighted by Gasteiger charge is -2.05. The van der Waals surface area contributed by atoms with Gasteiger partial charge in [0.05, 0.1) is 6.54 Å². The van der Waals surface area contributed by atoms with E-state index in [4.69, 9.17) is 5.73 Å². The Balaban J connectivity index is 0. The van der Waals surface area contributed by atoms with Crippen molar-refractivity contribution in [3.05, 3.63) is 0 Å². The lowest BCUT2D eigenvalue weighted by Crippen LogP contribution is -2.32. The molecule has 0 spiro atoms. The third-order valence-corrected chi connectivity index (χ3v) is 1.61. The second kappa shape index (κ2) is 7.28. The van der Waals surface area contributed by atoms with E-state index >= 15 is 0 Å². The number of alkyl halides is 3. The van der Waals surface area contributed by atoms with Gasteiger partial charge in [0.15, 0.2) is 0 Å². The number of halogens is 4. The highest BCUT2D eigenvalue weighted by atomic mass is 35.5. The summed E-state index contributed by atoms with van der Waals surface area (Å²) in [6.07, 6.45) is 0. The quantitative estimate of drug-likeness (QED) is 0.711. The fraction of sp³-hybridized carbons (Fsp3) is 0.800. The monoisotopic (exact) mass is 238 g/mol. The number of rotatable bonds is 4. The summed E-state index contributed by atoms with van der Waals surface area (Å²) in [5.74, 6) is -0.632. The molecular formula is C5H10ClF3N2OS. The van der Waals surface area contributed by atoms with Crippen molar-refractivity contribution in [2.45, 2.75) is 5.51 Å². The molecule has 0 unspecified atom stereocenters. The molecule has 0 heterocycles. The topological polar surface area (TPSA) is 55.1 Å². The predicted molar refractivity (Wildman–Crippen MR) is 47.8 cm³/mol. The van der Waals surface area contributed by atoms with Gasteiger partial charge in [-0.3, -0.25) is 4.79 Å². The SMILES string of the molecule is Cl.NCC(=O)NCCSC(F)(F)F. The van der Waals surface area contributed by atoms with Gasteiger partial charge < -0.3 is 11.1 Å². The molecule has 13 heavy (non-hydrogen) atoms. The number of thioether (sulfide) groups is 1. The zero-order valence-corrected chi connectivity index (χ0v) is 8.19. The van der Waals surface area contributed by atoms with Crippen molar-refractivity contribution >= 4 is 30.1 Å². The van der Waals surface area contributed by atoms with Gasteiger partial charge in [-0.15, -0.1) is 12.4 Å². The molecule has 3 nitrogen and oxygen atoms in total. The molecule has 0 aromatic carbocycles. The maximum atomic E-state index is 11.5. The van der Waals surface area contributed by atoms with E-state index in [2.05, 4.69) is 5.32 Å². The van der Waals surface area contributed by atoms with E-state index in [0.717, 1.165) is 0 Å². The highest BCUT2D eigenvalue weighted by Gasteiger charge is 2.27. The minimum atomic E-state index is -4.23. The van der Waals surface area contributed by atoms with Crippen molar-refractivity contribution in [2.75, 3.05) is 18.8 Å². The molecule has 0 aliphatic rings. The van der Waals surface area contributed by atoms with Gasteiger partial charge in [-0.05, 0) is 11.8 Å². The average Bonchev–Trinajstić information content (AvgIpc) is 1.96. The van der Waals surface area contributed by atoms with Crippen molar-refractivity contribution in [2.24, 2.45) is 5.73 Å². The Labute approximate surface area is 84.0 Å². The minimum Gasteiger partial charge on any atom is -0.354 e. The number of carbonyl (C=O) groups is 1. The second-order valence-electron chi connectivity index (χ2n) is 1.85. The van der Waals surface area contributed by atoms with E-state index in [1.165, 1.54) is 0 Å².